The van der Waals surface area contributed by atoms with Crippen LogP contribution in [0.25, 0.3) is 0 Å². The van der Waals surface area contributed by atoms with Crippen molar-refractivity contribution in [3.63, 3.8) is 0 Å². The van der Waals surface area contributed by atoms with Crippen molar-refractivity contribution in [3.05, 3.63) is 63.1 Å². The molecule has 3 nitrogen and oxygen atoms in total. The lowest BCUT2D eigenvalue weighted by atomic mass is 10.1. The standard InChI is InChI=1S/C18H18BrClN2O/c1-13-16(20)3-2-4-17(13)21-9-11-22(12-10-21)18(23)14-5-7-15(19)8-6-14/h2-8H,9-12H2,1H3. The minimum atomic E-state index is 0.0972. The highest BCUT2D eigenvalue weighted by Gasteiger charge is 2.23. The van der Waals surface area contributed by atoms with E-state index in [1.165, 1.54) is 0 Å². The lowest BCUT2D eigenvalue weighted by Gasteiger charge is -2.37. The molecule has 3 rings (SSSR count). The third-order valence-electron chi connectivity index (χ3n) is 4.24. The highest BCUT2D eigenvalue weighted by atomic mass is 79.9. The Hall–Kier alpha value is -1.52. The van der Waals surface area contributed by atoms with E-state index in [1.54, 1.807) is 0 Å². The van der Waals surface area contributed by atoms with Crippen LogP contribution < -0.4 is 4.90 Å². The Labute approximate surface area is 150 Å². The van der Waals surface area contributed by atoms with Crippen LogP contribution in [-0.4, -0.2) is 37.0 Å². The van der Waals surface area contributed by atoms with Gasteiger partial charge in [0.15, 0.2) is 0 Å². The van der Waals surface area contributed by atoms with Crippen molar-refractivity contribution in [1.29, 1.82) is 0 Å². The highest BCUT2D eigenvalue weighted by molar-refractivity contribution is 9.10. The van der Waals surface area contributed by atoms with Crippen LogP contribution in [0.3, 0.4) is 0 Å². The van der Waals surface area contributed by atoms with Crippen molar-refractivity contribution in [1.82, 2.24) is 4.90 Å². The van der Waals surface area contributed by atoms with Crippen LogP contribution in [0.4, 0.5) is 5.69 Å². The normalized spacial score (nSPS) is 14.9. The fourth-order valence-electron chi connectivity index (χ4n) is 2.86. The zero-order chi connectivity index (χ0) is 16.4. The van der Waals surface area contributed by atoms with Gasteiger partial charge in [-0.15, -0.1) is 0 Å². The van der Waals surface area contributed by atoms with E-state index in [4.69, 9.17) is 11.6 Å². The summed E-state index contributed by atoms with van der Waals surface area (Å²) in [7, 11) is 0. The molecular weight excluding hydrogens is 376 g/mol. The third-order valence-corrected chi connectivity index (χ3v) is 5.18. The molecule has 23 heavy (non-hydrogen) atoms. The topological polar surface area (TPSA) is 23.6 Å². The number of piperazine rings is 1. The van der Waals surface area contributed by atoms with Gasteiger partial charge in [0.2, 0.25) is 0 Å². The summed E-state index contributed by atoms with van der Waals surface area (Å²) in [5.41, 5.74) is 3.00. The number of halogens is 2. The van der Waals surface area contributed by atoms with Gasteiger partial charge < -0.3 is 9.80 Å². The van der Waals surface area contributed by atoms with E-state index in [9.17, 15) is 4.79 Å². The van der Waals surface area contributed by atoms with Gasteiger partial charge in [-0.05, 0) is 48.9 Å². The SMILES string of the molecule is Cc1c(Cl)cccc1N1CCN(C(=O)c2ccc(Br)cc2)CC1. The number of hydrogen-bond donors (Lipinski definition) is 0. The number of anilines is 1. The summed E-state index contributed by atoms with van der Waals surface area (Å²) in [5, 5.41) is 0.788. The summed E-state index contributed by atoms with van der Waals surface area (Å²) >= 11 is 9.60. The lowest BCUT2D eigenvalue weighted by molar-refractivity contribution is 0.0747. The molecule has 0 aromatic heterocycles. The van der Waals surface area contributed by atoms with Gasteiger partial charge in [-0.2, -0.15) is 0 Å². The van der Waals surface area contributed by atoms with Crippen molar-refractivity contribution in [2.75, 3.05) is 31.1 Å². The number of benzene rings is 2. The first-order valence-corrected chi connectivity index (χ1v) is 8.78. The van der Waals surface area contributed by atoms with Gasteiger partial charge in [-0.1, -0.05) is 33.6 Å². The predicted molar refractivity (Wildman–Crippen MR) is 98.4 cm³/mol. The smallest absolute Gasteiger partial charge is 0.253 e. The van der Waals surface area contributed by atoms with E-state index in [2.05, 4.69) is 26.9 Å². The molecule has 0 atom stereocenters. The minimum absolute atomic E-state index is 0.0972. The minimum Gasteiger partial charge on any atom is -0.368 e. The number of carbonyl (C=O) groups is 1. The molecule has 0 aliphatic carbocycles. The van der Waals surface area contributed by atoms with Crippen molar-refractivity contribution >= 4 is 39.1 Å². The largest absolute Gasteiger partial charge is 0.368 e. The van der Waals surface area contributed by atoms with Gasteiger partial charge >= 0.3 is 0 Å². The molecular formula is C18H18BrClN2O. The Morgan fingerprint density at radius 2 is 1.70 bits per heavy atom. The van der Waals surface area contributed by atoms with Crippen LogP contribution in [0.5, 0.6) is 0 Å². The predicted octanol–water partition coefficient (Wildman–Crippen LogP) is 4.37. The Morgan fingerprint density at radius 1 is 1.04 bits per heavy atom. The Bertz CT molecular complexity index is 709. The van der Waals surface area contributed by atoms with E-state index in [0.29, 0.717) is 0 Å². The van der Waals surface area contributed by atoms with Gasteiger partial charge in [0.1, 0.15) is 0 Å². The molecule has 0 spiro atoms. The average molecular weight is 394 g/mol. The Balaban J connectivity index is 1.67. The zero-order valence-electron chi connectivity index (χ0n) is 12.9. The quantitative estimate of drug-likeness (QED) is 0.756. The van der Waals surface area contributed by atoms with Crippen LogP contribution in [0.2, 0.25) is 5.02 Å². The molecule has 2 aromatic carbocycles. The molecule has 1 aliphatic rings. The number of amides is 1. The fourth-order valence-corrected chi connectivity index (χ4v) is 3.30. The summed E-state index contributed by atoms with van der Waals surface area (Å²) in [6.45, 7) is 5.13. The van der Waals surface area contributed by atoms with E-state index >= 15 is 0 Å². The maximum Gasteiger partial charge on any atom is 0.253 e. The molecule has 1 heterocycles. The maximum atomic E-state index is 12.5. The monoisotopic (exact) mass is 392 g/mol. The molecule has 2 aromatic rings. The molecule has 0 unspecified atom stereocenters. The molecule has 0 N–H and O–H groups in total. The Kier molecular flexibility index (Phi) is 4.93. The average Bonchev–Trinajstić information content (AvgIpc) is 2.58. The summed E-state index contributed by atoms with van der Waals surface area (Å²) < 4.78 is 0.982. The van der Waals surface area contributed by atoms with Crippen molar-refractivity contribution in [2.24, 2.45) is 0 Å². The van der Waals surface area contributed by atoms with Crippen molar-refractivity contribution in [2.45, 2.75) is 6.92 Å². The van der Waals surface area contributed by atoms with E-state index < -0.39 is 0 Å². The van der Waals surface area contributed by atoms with Crippen LogP contribution in [0.1, 0.15) is 15.9 Å². The molecule has 1 amide bonds. The summed E-state index contributed by atoms with van der Waals surface area (Å²) in [4.78, 5) is 16.8. The van der Waals surface area contributed by atoms with Crippen LogP contribution >= 0.6 is 27.5 Å². The van der Waals surface area contributed by atoms with Gasteiger partial charge in [0, 0.05) is 46.9 Å². The number of rotatable bonds is 2. The molecule has 1 fully saturated rings. The number of nitrogens with zero attached hydrogens (tertiary/aromatic N) is 2. The molecule has 5 heteroatoms. The highest BCUT2D eigenvalue weighted by Crippen LogP contribution is 2.27. The molecule has 120 valence electrons. The zero-order valence-corrected chi connectivity index (χ0v) is 15.3. The van der Waals surface area contributed by atoms with Crippen LogP contribution in [0.15, 0.2) is 46.9 Å². The van der Waals surface area contributed by atoms with Gasteiger partial charge in [0.05, 0.1) is 0 Å². The third kappa shape index (κ3) is 3.54. The van der Waals surface area contributed by atoms with E-state index in [1.807, 2.05) is 48.2 Å². The fraction of sp³-hybridized carbons (Fsp3) is 0.278. The van der Waals surface area contributed by atoms with Crippen molar-refractivity contribution < 1.29 is 4.79 Å². The summed E-state index contributed by atoms with van der Waals surface area (Å²) in [5.74, 6) is 0.0972. The molecule has 1 saturated heterocycles. The van der Waals surface area contributed by atoms with Gasteiger partial charge in [-0.25, -0.2) is 0 Å². The van der Waals surface area contributed by atoms with E-state index in [-0.39, 0.29) is 5.91 Å². The molecule has 1 aliphatic heterocycles. The second-order valence-corrected chi connectivity index (χ2v) is 6.99. The maximum absolute atomic E-state index is 12.5. The number of hydrogen-bond acceptors (Lipinski definition) is 2. The second kappa shape index (κ2) is 6.93. The first-order valence-electron chi connectivity index (χ1n) is 7.61. The van der Waals surface area contributed by atoms with Crippen LogP contribution in [-0.2, 0) is 0 Å². The molecule has 0 bridgehead atoms. The lowest BCUT2D eigenvalue weighted by Crippen LogP contribution is -2.49. The second-order valence-electron chi connectivity index (χ2n) is 5.67. The summed E-state index contributed by atoms with van der Waals surface area (Å²) in [6, 6.07) is 13.5. The van der Waals surface area contributed by atoms with Crippen LogP contribution in [0, 0.1) is 6.92 Å². The summed E-state index contributed by atoms with van der Waals surface area (Å²) in [6.07, 6.45) is 0. The molecule has 0 saturated carbocycles. The number of carbonyl (C=O) groups excluding carboxylic acids is 1. The molecule has 0 radical (unpaired) electrons. The van der Waals surface area contributed by atoms with Gasteiger partial charge in [0.25, 0.3) is 5.91 Å². The van der Waals surface area contributed by atoms with E-state index in [0.717, 1.165) is 52.5 Å². The Morgan fingerprint density at radius 3 is 2.35 bits per heavy atom. The van der Waals surface area contributed by atoms with Crippen molar-refractivity contribution in [3.8, 4) is 0 Å². The first kappa shape index (κ1) is 16.3. The first-order chi connectivity index (χ1) is 11.1. The van der Waals surface area contributed by atoms with Gasteiger partial charge in [-0.3, -0.25) is 4.79 Å².